The zero-order valence-corrected chi connectivity index (χ0v) is 17.7. The van der Waals surface area contributed by atoms with Gasteiger partial charge in [-0.15, -0.1) is 0 Å². The molecule has 2 aromatic carbocycles. The molecule has 1 aliphatic heterocycles. The van der Waals surface area contributed by atoms with E-state index in [4.69, 9.17) is 4.18 Å². The normalized spacial score (nSPS) is 15.4. The molecule has 1 amide bonds. The lowest BCUT2D eigenvalue weighted by atomic mass is 9.91. The van der Waals surface area contributed by atoms with Gasteiger partial charge in [0.05, 0.1) is 11.5 Å². The number of piperidine rings is 1. The lowest BCUT2D eigenvalue weighted by Gasteiger charge is -2.32. The predicted octanol–water partition coefficient (Wildman–Crippen LogP) is 4.42. The number of nitrogens with zero attached hydrogens (tertiary/aromatic N) is 1. The van der Waals surface area contributed by atoms with Crippen LogP contribution in [0, 0.1) is 12.8 Å². The maximum atomic E-state index is 12.5. The minimum Gasteiger partial charge on any atom is -0.339 e. The molecule has 0 unspecified atom stereocenters. The summed E-state index contributed by atoms with van der Waals surface area (Å²) in [6.45, 7) is 3.70. The highest BCUT2D eigenvalue weighted by Crippen LogP contribution is 2.24. The Kier molecular flexibility index (Phi) is 7.45. The fraction of sp³-hybridized carbons (Fsp3) is 0.435. The van der Waals surface area contributed by atoms with Crippen molar-refractivity contribution in [2.75, 3.05) is 19.7 Å². The molecule has 0 saturated carbocycles. The van der Waals surface area contributed by atoms with Crippen molar-refractivity contribution in [1.82, 2.24) is 4.90 Å². The molecule has 0 spiro atoms. The highest BCUT2D eigenvalue weighted by atomic mass is 32.2. The number of rotatable bonds is 8. The Morgan fingerprint density at radius 1 is 1.00 bits per heavy atom. The highest BCUT2D eigenvalue weighted by molar-refractivity contribution is 7.86. The van der Waals surface area contributed by atoms with Crippen LogP contribution in [-0.4, -0.2) is 38.9 Å². The van der Waals surface area contributed by atoms with Gasteiger partial charge in [0.1, 0.15) is 0 Å². The predicted molar refractivity (Wildman–Crippen MR) is 113 cm³/mol. The van der Waals surface area contributed by atoms with Crippen LogP contribution in [0.5, 0.6) is 0 Å². The average molecular weight is 416 g/mol. The molecule has 0 aromatic heterocycles. The molecule has 29 heavy (non-hydrogen) atoms. The monoisotopic (exact) mass is 415 g/mol. The Hall–Kier alpha value is -2.18. The van der Waals surface area contributed by atoms with E-state index in [0.717, 1.165) is 49.9 Å². The number of benzene rings is 2. The molecule has 1 saturated heterocycles. The maximum Gasteiger partial charge on any atom is 0.296 e. The molecular weight excluding hydrogens is 386 g/mol. The van der Waals surface area contributed by atoms with Crippen molar-refractivity contribution in [2.45, 2.75) is 43.9 Å². The van der Waals surface area contributed by atoms with E-state index in [1.807, 2.05) is 42.2 Å². The molecule has 5 nitrogen and oxygen atoms in total. The van der Waals surface area contributed by atoms with E-state index in [1.165, 1.54) is 0 Å². The van der Waals surface area contributed by atoms with Gasteiger partial charge in [-0.25, -0.2) is 0 Å². The van der Waals surface area contributed by atoms with E-state index < -0.39 is 10.1 Å². The number of hydrogen-bond acceptors (Lipinski definition) is 4. The van der Waals surface area contributed by atoms with Gasteiger partial charge < -0.3 is 4.90 Å². The zero-order chi connectivity index (χ0) is 20.7. The van der Waals surface area contributed by atoms with Crippen LogP contribution in [0.15, 0.2) is 59.5 Å². The fourth-order valence-corrected chi connectivity index (χ4v) is 4.61. The third-order valence-electron chi connectivity index (χ3n) is 5.48. The van der Waals surface area contributed by atoms with Gasteiger partial charge in [-0.3, -0.25) is 8.98 Å². The molecule has 0 N–H and O–H groups in total. The number of carbonyl (C=O) groups excluding carboxylic acids is 1. The van der Waals surface area contributed by atoms with Crippen molar-refractivity contribution in [3.8, 4) is 0 Å². The van der Waals surface area contributed by atoms with Crippen molar-refractivity contribution in [3.05, 3.63) is 65.7 Å². The van der Waals surface area contributed by atoms with Crippen LogP contribution in [0.3, 0.4) is 0 Å². The summed E-state index contributed by atoms with van der Waals surface area (Å²) in [5.74, 6) is 0.697. The van der Waals surface area contributed by atoms with Gasteiger partial charge in [0.15, 0.2) is 0 Å². The topological polar surface area (TPSA) is 63.7 Å². The highest BCUT2D eigenvalue weighted by Gasteiger charge is 2.23. The third kappa shape index (κ3) is 6.15. The van der Waals surface area contributed by atoms with Gasteiger partial charge in [-0.05, 0) is 56.4 Å². The summed E-state index contributed by atoms with van der Waals surface area (Å²) >= 11 is 0. The first-order chi connectivity index (χ1) is 14.0. The van der Waals surface area contributed by atoms with Gasteiger partial charge in [0.2, 0.25) is 0 Å². The molecular formula is C23H29NO4S. The molecule has 1 fully saturated rings. The minimum absolute atomic E-state index is 0.110. The summed E-state index contributed by atoms with van der Waals surface area (Å²) in [4.78, 5) is 14.6. The number of aryl methyl sites for hydroxylation is 1. The van der Waals surface area contributed by atoms with Crippen molar-refractivity contribution in [1.29, 1.82) is 0 Å². The molecule has 2 aromatic rings. The molecule has 0 radical (unpaired) electrons. The van der Waals surface area contributed by atoms with Crippen LogP contribution >= 0.6 is 0 Å². The second-order valence-electron chi connectivity index (χ2n) is 7.69. The molecule has 3 rings (SSSR count). The fourth-order valence-electron chi connectivity index (χ4n) is 3.66. The third-order valence-corrected chi connectivity index (χ3v) is 6.80. The van der Waals surface area contributed by atoms with Crippen molar-refractivity contribution in [3.63, 3.8) is 0 Å². The SMILES string of the molecule is Cc1ccc(S(=O)(=O)OCCCCC2CCN(C(=O)c3ccccc3)CC2)cc1. The smallest absolute Gasteiger partial charge is 0.296 e. The lowest BCUT2D eigenvalue weighted by molar-refractivity contribution is 0.0685. The second kappa shape index (κ2) is 10.0. The molecule has 156 valence electrons. The summed E-state index contributed by atoms with van der Waals surface area (Å²) in [6, 6.07) is 16.1. The molecule has 1 aliphatic rings. The molecule has 1 heterocycles. The minimum atomic E-state index is -3.67. The van der Waals surface area contributed by atoms with Gasteiger partial charge in [-0.2, -0.15) is 8.42 Å². The Morgan fingerprint density at radius 2 is 1.66 bits per heavy atom. The van der Waals surface area contributed by atoms with Crippen molar-refractivity contribution < 1.29 is 17.4 Å². The van der Waals surface area contributed by atoms with Crippen molar-refractivity contribution in [2.24, 2.45) is 5.92 Å². The number of unbranched alkanes of at least 4 members (excludes halogenated alkanes) is 1. The van der Waals surface area contributed by atoms with Crippen LogP contribution in [0.25, 0.3) is 0 Å². The first-order valence-corrected chi connectivity index (χ1v) is 11.7. The Labute approximate surface area is 173 Å². The standard InChI is InChI=1S/C23H29NO4S/c1-19-10-12-22(13-11-19)29(26,27)28-18-6-5-7-20-14-16-24(17-15-20)23(25)21-8-3-2-4-9-21/h2-4,8-13,20H,5-7,14-18H2,1H3. The average Bonchev–Trinajstić information content (AvgIpc) is 2.74. The van der Waals surface area contributed by atoms with Gasteiger partial charge in [-0.1, -0.05) is 48.7 Å². The van der Waals surface area contributed by atoms with E-state index in [2.05, 4.69) is 0 Å². The van der Waals surface area contributed by atoms with Crippen molar-refractivity contribution >= 4 is 16.0 Å². The Bertz CT molecular complexity index is 886. The number of likely N-dealkylation sites (tertiary alicyclic amines) is 1. The van der Waals surface area contributed by atoms with E-state index in [9.17, 15) is 13.2 Å². The number of carbonyl (C=O) groups is 1. The van der Waals surface area contributed by atoms with Gasteiger partial charge in [0, 0.05) is 18.7 Å². The molecule has 0 bridgehead atoms. The van der Waals surface area contributed by atoms with Crippen LogP contribution in [0.2, 0.25) is 0 Å². The molecule has 6 heteroatoms. The van der Waals surface area contributed by atoms with Crippen LogP contribution < -0.4 is 0 Å². The molecule has 0 atom stereocenters. The summed E-state index contributed by atoms with van der Waals surface area (Å²) in [6.07, 6.45) is 4.69. The summed E-state index contributed by atoms with van der Waals surface area (Å²) in [5.41, 5.74) is 1.76. The number of hydrogen-bond donors (Lipinski definition) is 0. The molecule has 0 aliphatic carbocycles. The van der Waals surface area contributed by atoms with E-state index in [1.54, 1.807) is 24.3 Å². The second-order valence-corrected chi connectivity index (χ2v) is 9.30. The van der Waals surface area contributed by atoms with Gasteiger partial charge >= 0.3 is 0 Å². The quantitative estimate of drug-likeness (QED) is 0.473. The lowest BCUT2D eigenvalue weighted by Crippen LogP contribution is -2.38. The zero-order valence-electron chi connectivity index (χ0n) is 16.9. The Balaban J connectivity index is 1.34. The van der Waals surface area contributed by atoms with Crippen LogP contribution in [0.4, 0.5) is 0 Å². The Morgan fingerprint density at radius 3 is 2.31 bits per heavy atom. The summed E-state index contributed by atoms with van der Waals surface area (Å²) in [5, 5.41) is 0. The van der Waals surface area contributed by atoms with Crippen LogP contribution in [0.1, 0.15) is 48.0 Å². The largest absolute Gasteiger partial charge is 0.339 e. The van der Waals surface area contributed by atoms with E-state index in [-0.39, 0.29) is 17.4 Å². The summed E-state index contributed by atoms with van der Waals surface area (Å²) in [7, 11) is -3.67. The number of amides is 1. The first kappa shape index (κ1) is 21.5. The van der Waals surface area contributed by atoms with E-state index >= 15 is 0 Å². The maximum absolute atomic E-state index is 12.5. The van der Waals surface area contributed by atoms with Gasteiger partial charge in [0.25, 0.3) is 16.0 Å². The van der Waals surface area contributed by atoms with Crippen LogP contribution in [-0.2, 0) is 14.3 Å². The van der Waals surface area contributed by atoms with E-state index in [0.29, 0.717) is 12.3 Å². The first-order valence-electron chi connectivity index (χ1n) is 10.3. The summed E-state index contributed by atoms with van der Waals surface area (Å²) < 4.78 is 29.5.